The number of carboxylic acid groups (broad SMARTS) is 1. The number of thiazole rings is 1. The summed E-state index contributed by atoms with van der Waals surface area (Å²) in [6, 6.07) is 5.19. The summed E-state index contributed by atoms with van der Waals surface area (Å²) in [4.78, 5) is 16.4. The number of hydrogen-bond acceptors (Lipinski definition) is 3. The lowest BCUT2D eigenvalue weighted by atomic mass is 10.2. The van der Waals surface area contributed by atoms with Gasteiger partial charge in [-0.1, -0.05) is 34.5 Å². The molecule has 4 nitrogen and oxygen atoms in total. The van der Waals surface area contributed by atoms with Gasteiger partial charge in [0.25, 0.3) is 0 Å². The van der Waals surface area contributed by atoms with E-state index in [9.17, 15) is 4.79 Å². The van der Waals surface area contributed by atoms with Crippen molar-refractivity contribution in [2.45, 2.75) is 6.92 Å². The standard InChI is InChI=1S/C13H8Cl2N2O2S/c1-6-11(12(18)19)20-13-16-10(5-17(6)13)8-3-2-7(14)4-9(8)15/h2-5H,1H3,(H,18,19). The van der Waals surface area contributed by atoms with E-state index in [4.69, 9.17) is 28.3 Å². The number of imidazole rings is 1. The SMILES string of the molecule is Cc1c(C(=O)O)sc2nc(-c3ccc(Cl)cc3Cl)cn12. The Morgan fingerprint density at radius 3 is 2.75 bits per heavy atom. The molecule has 2 heterocycles. The first-order valence-electron chi connectivity index (χ1n) is 5.64. The van der Waals surface area contributed by atoms with Crippen LogP contribution >= 0.6 is 34.5 Å². The second-order valence-electron chi connectivity index (χ2n) is 4.22. The van der Waals surface area contributed by atoms with Crippen LogP contribution in [-0.2, 0) is 0 Å². The Morgan fingerprint density at radius 1 is 1.40 bits per heavy atom. The van der Waals surface area contributed by atoms with Crippen LogP contribution in [0.25, 0.3) is 16.2 Å². The van der Waals surface area contributed by atoms with Gasteiger partial charge in [0.1, 0.15) is 4.88 Å². The predicted octanol–water partition coefficient (Wildman–Crippen LogP) is 4.38. The number of hydrogen-bond donors (Lipinski definition) is 1. The minimum absolute atomic E-state index is 0.293. The Bertz CT molecular complexity index is 838. The lowest BCUT2D eigenvalue weighted by molar-refractivity contribution is 0.0701. The van der Waals surface area contributed by atoms with Gasteiger partial charge in [0.05, 0.1) is 10.7 Å². The van der Waals surface area contributed by atoms with Crippen molar-refractivity contribution in [2.75, 3.05) is 0 Å². The number of halogens is 2. The third-order valence-electron chi connectivity index (χ3n) is 2.96. The van der Waals surface area contributed by atoms with E-state index in [1.54, 1.807) is 35.7 Å². The van der Waals surface area contributed by atoms with E-state index < -0.39 is 5.97 Å². The summed E-state index contributed by atoms with van der Waals surface area (Å²) >= 11 is 13.2. The number of aryl methyl sites for hydroxylation is 1. The van der Waals surface area contributed by atoms with Crippen LogP contribution in [0.2, 0.25) is 10.0 Å². The average Bonchev–Trinajstić information content (AvgIpc) is 2.89. The summed E-state index contributed by atoms with van der Waals surface area (Å²) in [6.07, 6.45) is 1.78. The predicted molar refractivity (Wildman–Crippen MR) is 80.2 cm³/mol. The van der Waals surface area contributed by atoms with Gasteiger partial charge in [-0.25, -0.2) is 9.78 Å². The van der Waals surface area contributed by atoms with Crippen LogP contribution in [0, 0.1) is 6.92 Å². The molecule has 0 saturated carbocycles. The number of aromatic carboxylic acids is 1. The highest BCUT2D eigenvalue weighted by molar-refractivity contribution is 7.19. The largest absolute Gasteiger partial charge is 0.477 e. The molecule has 1 aromatic carbocycles. The highest BCUT2D eigenvalue weighted by Crippen LogP contribution is 2.32. The molecule has 0 aliphatic rings. The number of nitrogens with zero attached hydrogens (tertiary/aromatic N) is 2. The van der Waals surface area contributed by atoms with Crippen molar-refractivity contribution < 1.29 is 9.90 Å². The zero-order valence-electron chi connectivity index (χ0n) is 10.2. The number of fused-ring (bicyclic) bond motifs is 1. The van der Waals surface area contributed by atoms with Gasteiger partial charge in [0, 0.05) is 22.5 Å². The molecule has 1 N–H and O–H groups in total. The molecule has 0 amide bonds. The first-order chi connectivity index (χ1) is 9.47. The molecule has 0 atom stereocenters. The van der Waals surface area contributed by atoms with Crippen molar-refractivity contribution in [2.24, 2.45) is 0 Å². The zero-order chi connectivity index (χ0) is 14.4. The van der Waals surface area contributed by atoms with Gasteiger partial charge < -0.3 is 5.11 Å². The second kappa shape index (κ2) is 4.77. The molecule has 3 rings (SSSR count). The molecule has 0 fully saturated rings. The van der Waals surface area contributed by atoms with Crippen LogP contribution in [0.3, 0.4) is 0 Å². The lowest BCUT2D eigenvalue weighted by Gasteiger charge is -2.00. The molecule has 0 aliphatic carbocycles. The summed E-state index contributed by atoms with van der Waals surface area (Å²) in [5, 5.41) is 10.2. The van der Waals surface area contributed by atoms with E-state index in [0.29, 0.717) is 31.3 Å². The van der Waals surface area contributed by atoms with E-state index in [2.05, 4.69) is 4.98 Å². The van der Waals surface area contributed by atoms with Crippen LogP contribution in [0.5, 0.6) is 0 Å². The Labute approximate surface area is 128 Å². The van der Waals surface area contributed by atoms with Crippen molar-refractivity contribution >= 4 is 45.5 Å². The molecule has 2 aromatic heterocycles. The maximum absolute atomic E-state index is 11.1. The van der Waals surface area contributed by atoms with Gasteiger partial charge in [-0.2, -0.15) is 0 Å². The fraction of sp³-hybridized carbons (Fsp3) is 0.0769. The van der Waals surface area contributed by atoms with Crippen molar-refractivity contribution in [1.29, 1.82) is 0 Å². The fourth-order valence-electron chi connectivity index (χ4n) is 1.98. The minimum atomic E-state index is -0.941. The van der Waals surface area contributed by atoms with Crippen LogP contribution < -0.4 is 0 Å². The third-order valence-corrected chi connectivity index (χ3v) is 4.65. The quantitative estimate of drug-likeness (QED) is 0.760. The van der Waals surface area contributed by atoms with Gasteiger partial charge >= 0.3 is 5.97 Å². The maximum atomic E-state index is 11.1. The van der Waals surface area contributed by atoms with E-state index >= 15 is 0 Å². The Kier molecular flexibility index (Phi) is 3.20. The molecule has 7 heteroatoms. The molecule has 20 heavy (non-hydrogen) atoms. The summed E-state index contributed by atoms with van der Waals surface area (Å²) in [5.74, 6) is -0.941. The fourth-order valence-corrected chi connectivity index (χ4v) is 3.43. The van der Waals surface area contributed by atoms with Crippen LogP contribution in [0.4, 0.5) is 0 Å². The van der Waals surface area contributed by atoms with E-state index in [0.717, 1.165) is 16.9 Å². The molecule has 0 aliphatic heterocycles. The molecule has 3 aromatic rings. The normalized spacial score (nSPS) is 11.2. The Morgan fingerprint density at radius 2 is 2.15 bits per heavy atom. The second-order valence-corrected chi connectivity index (χ2v) is 6.05. The first-order valence-corrected chi connectivity index (χ1v) is 7.22. The topological polar surface area (TPSA) is 54.6 Å². The number of carbonyl (C=O) groups is 1. The molecule has 0 unspecified atom stereocenters. The highest BCUT2D eigenvalue weighted by atomic mass is 35.5. The molecule has 0 spiro atoms. The van der Waals surface area contributed by atoms with Crippen LogP contribution in [-0.4, -0.2) is 20.5 Å². The zero-order valence-corrected chi connectivity index (χ0v) is 12.6. The van der Waals surface area contributed by atoms with E-state index in [1.165, 1.54) is 0 Å². The lowest BCUT2D eigenvalue weighted by Crippen LogP contribution is -1.96. The molecule has 0 radical (unpaired) electrons. The van der Waals surface area contributed by atoms with Gasteiger partial charge in [-0.15, -0.1) is 0 Å². The highest BCUT2D eigenvalue weighted by Gasteiger charge is 2.17. The Hall–Kier alpha value is -1.56. The van der Waals surface area contributed by atoms with Crippen molar-refractivity contribution in [1.82, 2.24) is 9.38 Å². The monoisotopic (exact) mass is 326 g/mol. The number of benzene rings is 1. The number of aromatic nitrogens is 2. The Balaban J connectivity index is 2.17. The summed E-state index contributed by atoms with van der Waals surface area (Å²) in [7, 11) is 0. The van der Waals surface area contributed by atoms with Gasteiger partial charge in [0.2, 0.25) is 0 Å². The number of carboxylic acids is 1. The van der Waals surface area contributed by atoms with Gasteiger partial charge in [-0.05, 0) is 25.1 Å². The average molecular weight is 327 g/mol. The van der Waals surface area contributed by atoms with Gasteiger partial charge in [0.15, 0.2) is 4.96 Å². The molecule has 0 saturated heterocycles. The van der Waals surface area contributed by atoms with E-state index in [-0.39, 0.29) is 0 Å². The van der Waals surface area contributed by atoms with Gasteiger partial charge in [-0.3, -0.25) is 4.40 Å². The molecular weight excluding hydrogens is 319 g/mol. The van der Waals surface area contributed by atoms with Crippen molar-refractivity contribution in [3.05, 3.63) is 45.0 Å². The maximum Gasteiger partial charge on any atom is 0.347 e. The molecular formula is C13H8Cl2N2O2S. The molecule has 102 valence electrons. The van der Waals surface area contributed by atoms with Crippen LogP contribution in [0.15, 0.2) is 24.4 Å². The third kappa shape index (κ3) is 2.08. The number of rotatable bonds is 2. The first kappa shape index (κ1) is 13.4. The van der Waals surface area contributed by atoms with Crippen LogP contribution in [0.1, 0.15) is 15.4 Å². The van der Waals surface area contributed by atoms with Crippen molar-refractivity contribution in [3.8, 4) is 11.3 Å². The summed E-state index contributed by atoms with van der Waals surface area (Å²) in [5.41, 5.74) is 2.11. The van der Waals surface area contributed by atoms with E-state index in [1.807, 2.05) is 0 Å². The smallest absolute Gasteiger partial charge is 0.347 e. The summed E-state index contributed by atoms with van der Waals surface area (Å²) < 4.78 is 1.76. The molecule has 0 bridgehead atoms. The minimum Gasteiger partial charge on any atom is -0.477 e. The van der Waals surface area contributed by atoms with Crippen molar-refractivity contribution in [3.63, 3.8) is 0 Å². The summed E-state index contributed by atoms with van der Waals surface area (Å²) in [6.45, 7) is 1.75.